The largest absolute Gasteiger partial charge is 0.439 e. The molecule has 1 aromatic heterocycles. The molecule has 0 amide bonds. The van der Waals surface area contributed by atoms with Gasteiger partial charge in [-0.25, -0.2) is 15.8 Å². The molecule has 0 unspecified atom stereocenters. The van der Waals surface area contributed by atoms with E-state index in [2.05, 4.69) is 31.3 Å². The highest BCUT2D eigenvalue weighted by atomic mass is 79.9. The number of halogens is 1. The second kappa shape index (κ2) is 5.11. The summed E-state index contributed by atoms with van der Waals surface area (Å²) >= 11 is 3.39. The molecular weight excluding hydrogens is 284 g/mol. The maximum Gasteiger partial charge on any atom is 0.224 e. The highest BCUT2D eigenvalue weighted by Crippen LogP contribution is 2.27. The van der Waals surface area contributed by atoms with Gasteiger partial charge in [-0.1, -0.05) is 22.0 Å². The van der Waals surface area contributed by atoms with Crippen molar-refractivity contribution in [3.05, 3.63) is 40.6 Å². The van der Waals surface area contributed by atoms with Crippen molar-refractivity contribution in [2.24, 2.45) is 5.84 Å². The number of hydrazine groups is 1. The molecule has 0 spiro atoms. The number of nitrogens with one attached hydrogen (secondary N) is 1. The second-order valence-electron chi connectivity index (χ2n) is 3.40. The van der Waals surface area contributed by atoms with Crippen LogP contribution >= 0.6 is 15.9 Å². The Morgan fingerprint density at radius 1 is 1.29 bits per heavy atom. The lowest BCUT2D eigenvalue weighted by molar-refractivity contribution is 0.458. The molecule has 3 N–H and O–H groups in total. The van der Waals surface area contributed by atoms with Crippen LogP contribution in [0.15, 0.2) is 35.1 Å². The van der Waals surface area contributed by atoms with E-state index in [0.717, 1.165) is 15.8 Å². The van der Waals surface area contributed by atoms with Crippen molar-refractivity contribution in [2.75, 3.05) is 5.43 Å². The molecule has 5 nitrogen and oxygen atoms in total. The molecule has 0 bridgehead atoms. The predicted molar refractivity (Wildman–Crippen MR) is 68.8 cm³/mol. The zero-order valence-corrected chi connectivity index (χ0v) is 10.7. The Labute approximate surface area is 107 Å². The van der Waals surface area contributed by atoms with Crippen LogP contribution in [0.3, 0.4) is 0 Å². The molecule has 0 fully saturated rings. The van der Waals surface area contributed by atoms with Crippen molar-refractivity contribution < 1.29 is 4.74 Å². The summed E-state index contributed by atoms with van der Waals surface area (Å²) in [6.45, 7) is 1.96. The first-order valence-electron chi connectivity index (χ1n) is 4.91. The van der Waals surface area contributed by atoms with Gasteiger partial charge in [-0.2, -0.15) is 0 Å². The second-order valence-corrected chi connectivity index (χ2v) is 4.31. The molecule has 1 heterocycles. The number of anilines is 1. The van der Waals surface area contributed by atoms with Crippen LogP contribution in [0.1, 0.15) is 5.56 Å². The summed E-state index contributed by atoms with van der Waals surface area (Å²) in [4.78, 5) is 7.91. The Morgan fingerprint density at radius 3 is 2.88 bits per heavy atom. The number of nitrogen functional groups attached to an aromatic ring is 1. The molecule has 0 atom stereocenters. The Bertz CT molecular complexity index is 533. The minimum absolute atomic E-state index is 0.439. The van der Waals surface area contributed by atoms with Crippen LogP contribution < -0.4 is 16.0 Å². The minimum atomic E-state index is 0.439. The Kier molecular flexibility index (Phi) is 3.55. The standard InChI is InChI=1S/C11H11BrN4O/c1-7-2-3-8(12)4-9(7)17-11-5-10(16-13)14-6-15-11/h2-6H,13H2,1H3,(H,14,15,16). The number of benzene rings is 1. The van der Waals surface area contributed by atoms with E-state index in [1.165, 1.54) is 6.33 Å². The van der Waals surface area contributed by atoms with Gasteiger partial charge in [-0.05, 0) is 24.6 Å². The van der Waals surface area contributed by atoms with Gasteiger partial charge < -0.3 is 10.2 Å². The fourth-order valence-electron chi connectivity index (χ4n) is 1.27. The number of hydrogen-bond acceptors (Lipinski definition) is 5. The summed E-state index contributed by atoms with van der Waals surface area (Å²) < 4.78 is 6.60. The number of aryl methyl sites for hydroxylation is 1. The van der Waals surface area contributed by atoms with E-state index >= 15 is 0 Å². The van der Waals surface area contributed by atoms with Gasteiger partial charge in [0.15, 0.2) is 0 Å². The van der Waals surface area contributed by atoms with Crippen molar-refractivity contribution in [1.82, 2.24) is 9.97 Å². The highest BCUT2D eigenvalue weighted by molar-refractivity contribution is 9.10. The van der Waals surface area contributed by atoms with Crippen molar-refractivity contribution in [3.63, 3.8) is 0 Å². The van der Waals surface area contributed by atoms with Crippen LogP contribution in [0.25, 0.3) is 0 Å². The monoisotopic (exact) mass is 294 g/mol. The van der Waals surface area contributed by atoms with Crippen LogP contribution in [0.5, 0.6) is 11.6 Å². The lowest BCUT2D eigenvalue weighted by Gasteiger charge is -2.08. The SMILES string of the molecule is Cc1ccc(Br)cc1Oc1cc(NN)ncn1. The number of rotatable bonds is 3. The molecule has 0 saturated heterocycles. The number of nitrogens with zero attached hydrogens (tertiary/aromatic N) is 2. The summed E-state index contributed by atoms with van der Waals surface area (Å²) in [5, 5.41) is 0. The van der Waals surface area contributed by atoms with E-state index < -0.39 is 0 Å². The number of ether oxygens (including phenoxy) is 1. The van der Waals surface area contributed by atoms with Gasteiger partial charge in [0.25, 0.3) is 0 Å². The molecule has 0 saturated carbocycles. The molecule has 2 aromatic rings. The average molecular weight is 295 g/mol. The quantitative estimate of drug-likeness (QED) is 0.672. The van der Waals surface area contributed by atoms with Crippen molar-refractivity contribution in [1.29, 1.82) is 0 Å². The van der Waals surface area contributed by atoms with Crippen LogP contribution in [-0.4, -0.2) is 9.97 Å². The molecule has 88 valence electrons. The van der Waals surface area contributed by atoms with Crippen molar-refractivity contribution >= 4 is 21.7 Å². The fourth-order valence-corrected chi connectivity index (χ4v) is 1.61. The Balaban J connectivity index is 2.27. The van der Waals surface area contributed by atoms with E-state index in [4.69, 9.17) is 10.6 Å². The van der Waals surface area contributed by atoms with E-state index in [-0.39, 0.29) is 0 Å². The lowest BCUT2D eigenvalue weighted by atomic mass is 10.2. The van der Waals surface area contributed by atoms with Crippen LogP contribution in [0.2, 0.25) is 0 Å². The lowest BCUT2D eigenvalue weighted by Crippen LogP contribution is -2.08. The van der Waals surface area contributed by atoms with Crippen molar-refractivity contribution in [3.8, 4) is 11.6 Å². The Morgan fingerprint density at radius 2 is 2.12 bits per heavy atom. The maximum atomic E-state index is 5.66. The molecule has 0 radical (unpaired) electrons. The van der Waals surface area contributed by atoms with Gasteiger partial charge in [-0.3, -0.25) is 0 Å². The third-order valence-electron chi connectivity index (χ3n) is 2.15. The van der Waals surface area contributed by atoms with Gasteiger partial charge in [0.1, 0.15) is 17.9 Å². The number of aromatic nitrogens is 2. The molecule has 17 heavy (non-hydrogen) atoms. The summed E-state index contributed by atoms with van der Waals surface area (Å²) in [6, 6.07) is 7.42. The van der Waals surface area contributed by atoms with Gasteiger partial charge in [0.2, 0.25) is 5.88 Å². The summed E-state index contributed by atoms with van der Waals surface area (Å²) in [5.41, 5.74) is 3.46. The third-order valence-corrected chi connectivity index (χ3v) is 2.65. The Hall–Kier alpha value is -1.66. The average Bonchev–Trinajstić information content (AvgIpc) is 2.34. The normalized spacial score (nSPS) is 10.1. The summed E-state index contributed by atoms with van der Waals surface area (Å²) in [7, 11) is 0. The van der Waals surface area contributed by atoms with Crippen LogP contribution in [0, 0.1) is 6.92 Å². The summed E-state index contributed by atoms with van der Waals surface area (Å²) in [6.07, 6.45) is 1.39. The number of hydrogen-bond donors (Lipinski definition) is 2. The van der Waals surface area contributed by atoms with Gasteiger partial charge in [0.05, 0.1) is 0 Å². The van der Waals surface area contributed by atoms with Gasteiger partial charge >= 0.3 is 0 Å². The zero-order valence-electron chi connectivity index (χ0n) is 9.14. The molecule has 6 heteroatoms. The number of nitrogens with two attached hydrogens (primary N) is 1. The van der Waals surface area contributed by atoms with E-state index in [9.17, 15) is 0 Å². The highest BCUT2D eigenvalue weighted by Gasteiger charge is 2.04. The van der Waals surface area contributed by atoms with E-state index in [1.54, 1.807) is 6.07 Å². The predicted octanol–water partition coefficient (Wildman–Crippen LogP) is 2.63. The summed E-state index contributed by atoms with van der Waals surface area (Å²) in [5.74, 6) is 6.94. The third kappa shape index (κ3) is 2.92. The van der Waals surface area contributed by atoms with E-state index in [0.29, 0.717) is 11.7 Å². The van der Waals surface area contributed by atoms with Crippen molar-refractivity contribution in [2.45, 2.75) is 6.92 Å². The smallest absolute Gasteiger partial charge is 0.224 e. The molecule has 0 aliphatic carbocycles. The first kappa shape index (κ1) is 11.8. The molecule has 0 aliphatic heterocycles. The van der Waals surface area contributed by atoms with Gasteiger partial charge in [-0.15, -0.1) is 0 Å². The zero-order chi connectivity index (χ0) is 12.3. The molecule has 2 rings (SSSR count). The van der Waals surface area contributed by atoms with Gasteiger partial charge in [0, 0.05) is 10.5 Å². The maximum absolute atomic E-state index is 5.66. The van der Waals surface area contributed by atoms with Crippen LogP contribution in [0.4, 0.5) is 5.82 Å². The topological polar surface area (TPSA) is 73.1 Å². The van der Waals surface area contributed by atoms with Crippen LogP contribution in [-0.2, 0) is 0 Å². The first-order valence-corrected chi connectivity index (χ1v) is 5.71. The molecular formula is C11H11BrN4O. The first-order chi connectivity index (χ1) is 8.19. The minimum Gasteiger partial charge on any atom is -0.439 e. The van der Waals surface area contributed by atoms with E-state index in [1.807, 2.05) is 25.1 Å². The molecule has 1 aromatic carbocycles. The molecule has 0 aliphatic rings. The fraction of sp³-hybridized carbons (Fsp3) is 0.0909.